The molecular formula is C20H21ClFN5OS. The molecule has 0 saturated heterocycles. The third kappa shape index (κ3) is 4.64. The van der Waals surface area contributed by atoms with Gasteiger partial charge in [-0.3, -0.25) is 4.68 Å². The first kappa shape index (κ1) is 20.0. The van der Waals surface area contributed by atoms with E-state index in [0.717, 1.165) is 43.3 Å². The van der Waals surface area contributed by atoms with E-state index in [4.69, 9.17) is 16.3 Å². The summed E-state index contributed by atoms with van der Waals surface area (Å²) in [6.07, 6.45) is 8.90. The summed E-state index contributed by atoms with van der Waals surface area (Å²) in [5, 5.41) is 4.66. The molecule has 0 aliphatic heterocycles. The maximum atomic E-state index is 14.7. The van der Waals surface area contributed by atoms with Crippen molar-refractivity contribution in [2.75, 3.05) is 4.72 Å². The van der Waals surface area contributed by atoms with Crippen molar-refractivity contribution in [1.82, 2.24) is 19.7 Å². The SMILES string of the molecule is Cn1nccc1C1CCCCC1Oc1cc(F)c(SNc2ccncn2)cc1Cl. The molecule has 1 fully saturated rings. The van der Waals surface area contributed by atoms with Crippen LogP contribution in [0.5, 0.6) is 5.75 Å². The zero-order valence-corrected chi connectivity index (χ0v) is 17.5. The molecule has 0 amide bonds. The van der Waals surface area contributed by atoms with Crippen LogP contribution < -0.4 is 9.46 Å². The lowest BCUT2D eigenvalue weighted by molar-refractivity contribution is 0.126. The lowest BCUT2D eigenvalue weighted by Gasteiger charge is -2.32. The fraction of sp³-hybridized carbons (Fsp3) is 0.350. The second-order valence-corrected chi connectivity index (χ2v) is 8.19. The first-order valence-electron chi connectivity index (χ1n) is 9.44. The van der Waals surface area contributed by atoms with E-state index in [9.17, 15) is 4.39 Å². The van der Waals surface area contributed by atoms with Gasteiger partial charge in [-0.05, 0) is 49.4 Å². The number of nitrogens with zero attached hydrogens (tertiary/aromatic N) is 4. The quantitative estimate of drug-likeness (QED) is 0.537. The van der Waals surface area contributed by atoms with Crippen molar-refractivity contribution in [2.45, 2.75) is 42.6 Å². The predicted molar refractivity (Wildman–Crippen MR) is 112 cm³/mol. The molecule has 0 radical (unpaired) electrons. The van der Waals surface area contributed by atoms with E-state index in [1.165, 1.54) is 12.4 Å². The second-order valence-electron chi connectivity index (χ2n) is 6.94. The highest BCUT2D eigenvalue weighted by Crippen LogP contribution is 2.39. The van der Waals surface area contributed by atoms with Gasteiger partial charge >= 0.3 is 0 Å². The van der Waals surface area contributed by atoms with E-state index >= 15 is 0 Å². The number of hydrogen-bond acceptors (Lipinski definition) is 6. The Morgan fingerprint density at radius 1 is 1.24 bits per heavy atom. The number of hydrogen-bond donors (Lipinski definition) is 1. The Kier molecular flexibility index (Phi) is 6.20. The first-order valence-corrected chi connectivity index (χ1v) is 10.6. The molecule has 2 aromatic heterocycles. The van der Waals surface area contributed by atoms with Crippen LogP contribution in [0.3, 0.4) is 0 Å². The number of benzene rings is 1. The number of nitrogens with one attached hydrogen (secondary N) is 1. The van der Waals surface area contributed by atoms with Crippen LogP contribution in [0, 0.1) is 5.82 Å². The van der Waals surface area contributed by atoms with Crippen molar-refractivity contribution in [2.24, 2.45) is 7.05 Å². The van der Waals surface area contributed by atoms with E-state index in [1.54, 1.807) is 24.5 Å². The molecule has 1 aliphatic rings. The van der Waals surface area contributed by atoms with Gasteiger partial charge in [-0.25, -0.2) is 14.4 Å². The van der Waals surface area contributed by atoms with Crippen molar-refractivity contribution in [1.29, 1.82) is 0 Å². The monoisotopic (exact) mass is 433 g/mol. The third-order valence-corrected chi connectivity index (χ3v) is 6.19. The van der Waals surface area contributed by atoms with Gasteiger partial charge in [0.1, 0.15) is 29.8 Å². The summed E-state index contributed by atoms with van der Waals surface area (Å²) in [5.74, 6) is 0.768. The summed E-state index contributed by atoms with van der Waals surface area (Å²) in [5.41, 5.74) is 1.13. The van der Waals surface area contributed by atoms with Crippen LogP contribution in [0.4, 0.5) is 10.2 Å². The second kappa shape index (κ2) is 9.00. The van der Waals surface area contributed by atoms with Gasteiger partial charge in [-0.15, -0.1) is 0 Å². The van der Waals surface area contributed by atoms with Crippen LogP contribution in [0.1, 0.15) is 37.3 Å². The molecule has 4 rings (SSSR count). The zero-order valence-electron chi connectivity index (χ0n) is 15.9. The fourth-order valence-electron chi connectivity index (χ4n) is 3.62. The fourth-order valence-corrected chi connectivity index (χ4v) is 4.57. The molecule has 1 N–H and O–H groups in total. The molecule has 0 spiro atoms. The minimum atomic E-state index is -0.399. The highest BCUT2D eigenvalue weighted by atomic mass is 35.5. The smallest absolute Gasteiger partial charge is 0.142 e. The molecule has 9 heteroatoms. The molecule has 152 valence electrons. The molecule has 1 aromatic carbocycles. The number of aryl methyl sites for hydroxylation is 1. The van der Waals surface area contributed by atoms with Crippen molar-refractivity contribution in [3.05, 3.63) is 59.5 Å². The van der Waals surface area contributed by atoms with Crippen molar-refractivity contribution < 1.29 is 9.13 Å². The molecule has 6 nitrogen and oxygen atoms in total. The molecule has 29 heavy (non-hydrogen) atoms. The number of anilines is 1. The normalized spacial score (nSPS) is 19.1. The average Bonchev–Trinajstić information content (AvgIpc) is 3.16. The van der Waals surface area contributed by atoms with Gasteiger partial charge in [0.15, 0.2) is 0 Å². The number of halogens is 2. The third-order valence-electron chi connectivity index (χ3n) is 5.05. The average molecular weight is 434 g/mol. The van der Waals surface area contributed by atoms with Crippen molar-refractivity contribution in [3.63, 3.8) is 0 Å². The summed E-state index contributed by atoms with van der Waals surface area (Å²) in [7, 11) is 1.93. The Morgan fingerprint density at radius 2 is 2.10 bits per heavy atom. The Balaban J connectivity index is 1.49. The summed E-state index contributed by atoms with van der Waals surface area (Å²) < 4.78 is 25.7. The molecule has 1 saturated carbocycles. The van der Waals surface area contributed by atoms with Gasteiger partial charge in [-0.2, -0.15) is 5.10 Å². The highest BCUT2D eigenvalue weighted by molar-refractivity contribution is 8.00. The van der Waals surface area contributed by atoms with Crippen LogP contribution in [-0.4, -0.2) is 25.9 Å². The first-order chi connectivity index (χ1) is 14.1. The standard InChI is InChI=1S/C20H21ClFN5OS/c1-27-16(6-9-25-27)13-4-2-3-5-17(13)28-18-11-15(22)19(10-14(18)21)29-26-20-7-8-23-12-24-20/h6-13,17H,2-5H2,1H3,(H,23,24,26). The molecule has 2 unspecified atom stereocenters. The Hall–Kier alpha value is -2.32. The minimum Gasteiger partial charge on any atom is -0.488 e. The van der Waals surface area contributed by atoms with Gasteiger partial charge in [0.2, 0.25) is 0 Å². The van der Waals surface area contributed by atoms with Crippen molar-refractivity contribution >= 4 is 29.4 Å². The maximum absolute atomic E-state index is 14.7. The Bertz CT molecular complexity index is 971. The molecule has 2 atom stereocenters. The lowest BCUT2D eigenvalue weighted by atomic mass is 9.84. The van der Waals surface area contributed by atoms with E-state index in [-0.39, 0.29) is 12.0 Å². The molecule has 2 heterocycles. The summed E-state index contributed by atoms with van der Waals surface area (Å²) in [6.45, 7) is 0. The van der Waals surface area contributed by atoms with E-state index < -0.39 is 5.82 Å². The van der Waals surface area contributed by atoms with Gasteiger partial charge < -0.3 is 9.46 Å². The maximum Gasteiger partial charge on any atom is 0.142 e. The molecule has 1 aliphatic carbocycles. The zero-order chi connectivity index (χ0) is 20.2. The van der Waals surface area contributed by atoms with Crippen LogP contribution in [0.25, 0.3) is 0 Å². The highest BCUT2D eigenvalue weighted by Gasteiger charge is 2.31. The Labute approximate surface area is 178 Å². The Morgan fingerprint density at radius 3 is 2.86 bits per heavy atom. The van der Waals surface area contributed by atoms with Crippen LogP contribution >= 0.6 is 23.5 Å². The minimum absolute atomic E-state index is 0.0614. The van der Waals surface area contributed by atoms with E-state index in [2.05, 4.69) is 19.8 Å². The summed E-state index contributed by atoms with van der Waals surface area (Å²) >= 11 is 7.53. The predicted octanol–water partition coefficient (Wildman–Crippen LogP) is 5.23. The molecule has 0 bridgehead atoms. The van der Waals surface area contributed by atoms with E-state index in [0.29, 0.717) is 21.5 Å². The summed E-state index contributed by atoms with van der Waals surface area (Å²) in [6, 6.07) is 6.66. The van der Waals surface area contributed by atoms with Gasteiger partial charge in [-0.1, -0.05) is 18.0 Å². The molecular weight excluding hydrogens is 413 g/mol. The lowest BCUT2D eigenvalue weighted by Crippen LogP contribution is -2.30. The van der Waals surface area contributed by atoms with Crippen LogP contribution in [0.2, 0.25) is 5.02 Å². The van der Waals surface area contributed by atoms with Gasteiger partial charge in [0.05, 0.1) is 9.92 Å². The van der Waals surface area contributed by atoms with Crippen LogP contribution in [-0.2, 0) is 7.05 Å². The number of ether oxygens (including phenoxy) is 1. The molecule has 3 aromatic rings. The summed E-state index contributed by atoms with van der Waals surface area (Å²) in [4.78, 5) is 8.27. The van der Waals surface area contributed by atoms with E-state index in [1.807, 2.05) is 17.8 Å². The number of aromatic nitrogens is 4. The largest absolute Gasteiger partial charge is 0.488 e. The topological polar surface area (TPSA) is 64.9 Å². The number of rotatable bonds is 6. The van der Waals surface area contributed by atoms with Gasteiger partial charge in [0, 0.05) is 37.1 Å². The van der Waals surface area contributed by atoms with Crippen LogP contribution in [0.15, 0.2) is 47.9 Å². The van der Waals surface area contributed by atoms with Gasteiger partial charge in [0.25, 0.3) is 0 Å². The van der Waals surface area contributed by atoms with Crippen molar-refractivity contribution in [3.8, 4) is 5.75 Å².